The summed E-state index contributed by atoms with van der Waals surface area (Å²) in [4.78, 5) is 11.7. The minimum absolute atomic E-state index is 0.0555. The first-order valence-electron chi connectivity index (χ1n) is 5.75. The molecule has 5 nitrogen and oxygen atoms in total. The van der Waals surface area contributed by atoms with Crippen LogP contribution in [0.25, 0.3) is 0 Å². The van der Waals surface area contributed by atoms with Gasteiger partial charge in [0.1, 0.15) is 6.04 Å². The van der Waals surface area contributed by atoms with Gasteiger partial charge in [-0.15, -0.1) is 0 Å². The number of methoxy groups -OCH3 is 1. The van der Waals surface area contributed by atoms with E-state index in [-0.39, 0.29) is 4.90 Å². The maximum Gasteiger partial charge on any atom is 0.323 e. The number of benzene rings is 1. The Bertz CT molecular complexity index is 545. The molecule has 0 radical (unpaired) electrons. The zero-order valence-electron chi connectivity index (χ0n) is 11.1. The number of hydrogen-bond donors (Lipinski definition) is 1. The summed E-state index contributed by atoms with van der Waals surface area (Å²) in [6.45, 7) is 0. The van der Waals surface area contributed by atoms with E-state index in [9.17, 15) is 13.2 Å². The summed E-state index contributed by atoms with van der Waals surface area (Å²) in [6, 6.07) is 4.82. The SMILES string of the molecule is COC(=O)[C@@H](CCSC)NS(=O)(=O)c1ccc(Cl)cc1. The average Bonchev–Trinajstić information content (AvgIpc) is 2.43. The molecule has 0 bridgehead atoms. The fourth-order valence-corrected chi connectivity index (χ4v) is 3.29. The quantitative estimate of drug-likeness (QED) is 0.769. The Balaban J connectivity index is 2.90. The van der Waals surface area contributed by atoms with Gasteiger partial charge >= 0.3 is 5.97 Å². The largest absolute Gasteiger partial charge is 0.468 e. The van der Waals surface area contributed by atoms with Gasteiger partial charge in [0.25, 0.3) is 0 Å². The lowest BCUT2D eigenvalue weighted by Crippen LogP contribution is -2.41. The van der Waals surface area contributed by atoms with E-state index in [1.807, 2.05) is 6.26 Å². The average molecular weight is 338 g/mol. The van der Waals surface area contributed by atoms with Gasteiger partial charge in [0.15, 0.2) is 0 Å². The van der Waals surface area contributed by atoms with Crippen molar-refractivity contribution >= 4 is 39.4 Å². The van der Waals surface area contributed by atoms with Gasteiger partial charge in [-0.25, -0.2) is 8.42 Å². The smallest absolute Gasteiger partial charge is 0.323 e. The van der Waals surface area contributed by atoms with Crippen molar-refractivity contribution in [2.24, 2.45) is 0 Å². The molecule has 0 amide bonds. The lowest BCUT2D eigenvalue weighted by atomic mass is 10.2. The van der Waals surface area contributed by atoms with Crippen LogP contribution in [-0.4, -0.2) is 39.5 Å². The molecule has 1 rings (SSSR count). The number of carbonyl (C=O) groups excluding carboxylic acids is 1. The van der Waals surface area contributed by atoms with E-state index in [4.69, 9.17) is 11.6 Å². The number of ether oxygens (including phenoxy) is 1. The molecule has 1 aromatic rings. The molecule has 0 aromatic heterocycles. The molecule has 1 aromatic carbocycles. The second-order valence-corrected chi connectivity index (χ2v) is 7.07. The molecule has 20 heavy (non-hydrogen) atoms. The summed E-state index contributed by atoms with van der Waals surface area (Å²) in [7, 11) is -2.55. The molecule has 1 N–H and O–H groups in total. The number of halogens is 1. The van der Waals surface area contributed by atoms with Crippen LogP contribution >= 0.6 is 23.4 Å². The Labute approximate surface area is 128 Å². The number of sulfonamides is 1. The molecule has 0 heterocycles. The number of hydrogen-bond acceptors (Lipinski definition) is 5. The van der Waals surface area contributed by atoms with Crippen molar-refractivity contribution in [1.82, 2.24) is 4.72 Å². The second kappa shape index (κ2) is 7.87. The highest BCUT2D eigenvalue weighted by molar-refractivity contribution is 7.98. The van der Waals surface area contributed by atoms with Crippen LogP contribution in [0.1, 0.15) is 6.42 Å². The third-order valence-corrected chi connectivity index (χ3v) is 4.90. The van der Waals surface area contributed by atoms with Gasteiger partial charge in [0, 0.05) is 5.02 Å². The van der Waals surface area contributed by atoms with Crippen molar-refractivity contribution in [2.75, 3.05) is 19.1 Å². The third-order valence-electron chi connectivity index (χ3n) is 2.52. The minimum Gasteiger partial charge on any atom is -0.468 e. The zero-order valence-corrected chi connectivity index (χ0v) is 13.5. The van der Waals surface area contributed by atoms with Gasteiger partial charge in [-0.3, -0.25) is 4.79 Å². The van der Waals surface area contributed by atoms with Crippen molar-refractivity contribution in [3.63, 3.8) is 0 Å². The van der Waals surface area contributed by atoms with Gasteiger partial charge in [-0.2, -0.15) is 16.5 Å². The Morgan fingerprint density at radius 2 is 2.00 bits per heavy atom. The minimum atomic E-state index is -3.78. The molecular weight excluding hydrogens is 322 g/mol. The van der Waals surface area contributed by atoms with Crippen LogP contribution in [0.15, 0.2) is 29.2 Å². The lowest BCUT2D eigenvalue weighted by molar-refractivity contribution is -0.142. The van der Waals surface area contributed by atoms with E-state index < -0.39 is 22.0 Å². The summed E-state index contributed by atoms with van der Waals surface area (Å²) in [6.07, 6.45) is 2.24. The van der Waals surface area contributed by atoms with Crippen LogP contribution in [0.4, 0.5) is 0 Å². The molecule has 0 aliphatic carbocycles. The number of carbonyl (C=O) groups is 1. The maximum atomic E-state index is 12.2. The first-order valence-corrected chi connectivity index (χ1v) is 9.01. The van der Waals surface area contributed by atoms with Gasteiger partial charge in [-0.1, -0.05) is 11.6 Å². The molecule has 0 aliphatic heterocycles. The van der Waals surface area contributed by atoms with E-state index in [0.717, 1.165) is 0 Å². The summed E-state index contributed by atoms with van der Waals surface area (Å²) in [5.41, 5.74) is 0. The topological polar surface area (TPSA) is 72.5 Å². The van der Waals surface area contributed by atoms with Crippen molar-refractivity contribution in [3.8, 4) is 0 Å². The molecule has 112 valence electrons. The Kier molecular flexibility index (Phi) is 6.81. The van der Waals surface area contributed by atoms with Crippen LogP contribution in [-0.2, 0) is 19.6 Å². The number of nitrogens with one attached hydrogen (secondary N) is 1. The monoisotopic (exact) mass is 337 g/mol. The summed E-state index contributed by atoms with van der Waals surface area (Å²) in [5.74, 6) is 0.0414. The molecule has 0 aliphatic rings. The maximum absolute atomic E-state index is 12.2. The normalized spacial score (nSPS) is 12.9. The van der Waals surface area contributed by atoms with Gasteiger partial charge in [0.05, 0.1) is 12.0 Å². The van der Waals surface area contributed by atoms with Crippen molar-refractivity contribution in [2.45, 2.75) is 17.4 Å². The summed E-state index contributed by atoms with van der Waals surface area (Å²) < 4.78 is 31.3. The molecule has 0 unspecified atom stereocenters. The number of thioether (sulfide) groups is 1. The van der Waals surface area contributed by atoms with Crippen LogP contribution in [0, 0.1) is 0 Å². The number of esters is 1. The molecule has 1 atom stereocenters. The van der Waals surface area contributed by atoms with E-state index in [1.165, 1.54) is 43.1 Å². The zero-order chi connectivity index (χ0) is 15.2. The Morgan fingerprint density at radius 3 is 2.50 bits per heavy atom. The fourth-order valence-electron chi connectivity index (χ4n) is 1.47. The Morgan fingerprint density at radius 1 is 1.40 bits per heavy atom. The lowest BCUT2D eigenvalue weighted by Gasteiger charge is -2.16. The molecule has 0 saturated carbocycles. The first-order chi connectivity index (χ1) is 9.40. The predicted octanol–water partition coefficient (Wildman–Crippen LogP) is 1.91. The fraction of sp³-hybridized carbons (Fsp3) is 0.417. The van der Waals surface area contributed by atoms with E-state index in [1.54, 1.807) is 0 Å². The highest BCUT2D eigenvalue weighted by Gasteiger charge is 2.25. The molecule has 0 fully saturated rings. The standard InChI is InChI=1S/C12H16ClNO4S2/c1-18-12(15)11(7-8-19-2)14-20(16,17)10-5-3-9(13)4-6-10/h3-6,11,14H,7-8H2,1-2H3/t11-/m1/s1. The highest BCUT2D eigenvalue weighted by Crippen LogP contribution is 2.15. The third kappa shape index (κ3) is 4.97. The van der Waals surface area contributed by atoms with E-state index >= 15 is 0 Å². The molecule has 0 saturated heterocycles. The van der Waals surface area contributed by atoms with Crippen molar-refractivity contribution in [1.29, 1.82) is 0 Å². The van der Waals surface area contributed by atoms with Crippen LogP contribution in [0.5, 0.6) is 0 Å². The number of rotatable bonds is 7. The van der Waals surface area contributed by atoms with Gasteiger partial charge in [0.2, 0.25) is 10.0 Å². The molecular formula is C12H16ClNO4S2. The van der Waals surface area contributed by atoms with E-state index in [2.05, 4.69) is 9.46 Å². The molecule has 0 spiro atoms. The summed E-state index contributed by atoms with van der Waals surface area (Å²) >= 11 is 7.24. The van der Waals surface area contributed by atoms with Crippen LogP contribution in [0.2, 0.25) is 5.02 Å². The van der Waals surface area contributed by atoms with Gasteiger partial charge < -0.3 is 4.74 Å². The molecule has 8 heteroatoms. The van der Waals surface area contributed by atoms with E-state index in [0.29, 0.717) is 17.2 Å². The first kappa shape index (κ1) is 17.3. The van der Waals surface area contributed by atoms with Gasteiger partial charge in [-0.05, 0) is 42.7 Å². The van der Waals surface area contributed by atoms with Crippen LogP contribution in [0.3, 0.4) is 0 Å². The van der Waals surface area contributed by atoms with Crippen molar-refractivity contribution < 1.29 is 17.9 Å². The predicted molar refractivity (Wildman–Crippen MR) is 80.6 cm³/mol. The van der Waals surface area contributed by atoms with Crippen LogP contribution < -0.4 is 4.72 Å². The Hall–Kier alpha value is -0.760. The van der Waals surface area contributed by atoms with Crippen molar-refractivity contribution in [3.05, 3.63) is 29.3 Å². The summed E-state index contributed by atoms with van der Waals surface area (Å²) in [5, 5.41) is 0.441. The second-order valence-electron chi connectivity index (χ2n) is 3.93. The highest BCUT2D eigenvalue weighted by atomic mass is 35.5.